The van der Waals surface area contributed by atoms with Gasteiger partial charge in [0.25, 0.3) is 0 Å². The van der Waals surface area contributed by atoms with Gasteiger partial charge in [0.2, 0.25) is 0 Å². The van der Waals surface area contributed by atoms with Crippen LogP contribution >= 0.6 is 0 Å². The molecule has 0 unspecified atom stereocenters. The molecule has 1 N–H and O–H groups in total. The molecule has 150 valence electrons. The van der Waals surface area contributed by atoms with E-state index in [0.717, 1.165) is 5.56 Å². The number of carboxylic acid groups (broad SMARTS) is 1. The summed E-state index contributed by atoms with van der Waals surface area (Å²) in [6.45, 7) is 5.79. The van der Waals surface area contributed by atoms with Gasteiger partial charge in [0.1, 0.15) is 18.4 Å². The van der Waals surface area contributed by atoms with Crippen molar-refractivity contribution in [3.63, 3.8) is 0 Å². The molecule has 2 atom stereocenters. The Morgan fingerprint density at radius 3 is 2.64 bits per heavy atom. The average Bonchev–Trinajstić information content (AvgIpc) is 3.28. The number of aromatic nitrogens is 2. The number of hydrogen-bond acceptors (Lipinski definition) is 5. The lowest BCUT2D eigenvalue weighted by Gasteiger charge is -2.26. The molecule has 0 saturated carbocycles. The number of carboxylic acids is 1. The van der Waals surface area contributed by atoms with Crippen molar-refractivity contribution in [3.05, 3.63) is 53.9 Å². The molecule has 1 aromatic carbocycles. The third kappa shape index (κ3) is 4.69. The van der Waals surface area contributed by atoms with E-state index < -0.39 is 29.7 Å². The van der Waals surface area contributed by atoms with Crippen LogP contribution in [0, 0.1) is 0 Å². The third-order valence-corrected chi connectivity index (χ3v) is 4.36. The summed E-state index contributed by atoms with van der Waals surface area (Å²) in [6.07, 6.45) is 1.46. The molecule has 3 rings (SSSR count). The summed E-state index contributed by atoms with van der Waals surface area (Å²) in [5.41, 5.74) is 0.863. The minimum absolute atomic E-state index is 0.110. The van der Waals surface area contributed by atoms with E-state index in [1.165, 1.54) is 9.58 Å². The molecule has 28 heavy (non-hydrogen) atoms. The van der Waals surface area contributed by atoms with Gasteiger partial charge in [-0.15, -0.1) is 0 Å². The lowest BCUT2D eigenvalue weighted by molar-refractivity contribution is -0.141. The van der Waals surface area contributed by atoms with E-state index in [-0.39, 0.29) is 13.3 Å². The van der Waals surface area contributed by atoms with Gasteiger partial charge in [-0.1, -0.05) is 30.3 Å². The topological polar surface area (TPSA) is 93.9 Å². The maximum Gasteiger partial charge on any atom is 0.412 e. The largest absolute Gasteiger partial charge is 0.480 e. The van der Waals surface area contributed by atoms with Crippen molar-refractivity contribution in [2.75, 3.05) is 13.3 Å². The Kier molecular flexibility index (Phi) is 5.69. The van der Waals surface area contributed by atoms with Crippen LogP contribution in [0.1, 0.15) is 44.1 Å². The van der Waals surface area contributed by atoms with Gasteiger partial charge in [0, 0.05) is 12.6 Å². The number of amides is 1. The van der Waals surface area contributed by atoms with E-state index in [0.29, 0.717) is 12.1 Å². The molecule has 0 spiro atoms. The average molecular weight is 387 g/mol. The Morgan fingerprint density at radius 2 is 2.00 bits per heavy atom. The maximum absolute atomic E-state index is 12.4. The van der Waals surface area contributed by atoms with Crippen molar-refractivity contribution in [1.82, 2.24) is 14.7 Å². The minimum atomic E-state index is -0.967. The second-order valence-corrected chi connectivity index (χ2v) is 7.73. The molecule has 1 aliphatic heterocycles. The Hall–Kier alpha value is -2.87. The zero-order valence-electron chi connectivity index (χ0n) is 16.2. The van der Waals surface area contributed by atoms with Gasteiger partial charge in [-0.2, -0.15) is 5.10 Å². The van der Waals surface area contributed by atoms with E-state index >= 15 is 0 Å². The molecule has 8 nitrogen and oxygen atoms in total. The van der Waals surface area contributed by atoms with Crippen LogP contribution in [0.5, 0.6) is 0 Å². The van der Waals surface area contributed by atoms with Crippen LogP contribution in [0.4, 0.5) is 4.79 Å². The predicted molar refractivity (Wildman–Crippen MR) is 101 cm³/mol. The van der Waals surface area contributed by atoms with Crippen molar-refractivity contribution in [2.45, 2.75) is 44.9 Å². The van der Waals surface area contributed by atoms with Crippen molar-refractivity contribution >= 4 is 12.1 Å². The van der Waals surface area contributed by atoms with Crippen LogP contribution < -0.4 is 0 Å². The zero-order chi connectivity index (χ0) is 20.3. The van der Waals surface area contributed by atoms with Crippen molar-refractivity contribution < 1.29 is 24.2 Å². The minimum Gasteiger partial charge on any atom is -0.480 e. The molecule has 1 aliphatic rings. The number of aliphatic carboxylic acids is 1. The highest BCUT2D eigenvalue weighted by Crippen LogP contribution is 2.28. The monoisotopic (exact) mass is 387 g/mol. The number of hydrogen-bond donors (Lipinski definition) is 1. The van der Waals surface area contributed by atoms with Crippen molar-refractivity contribution in [1.29, 1.82) is 0 Å². The summed E-state index contributed by atoms with van der Waals surface area (Å²) in [4.78, 5) is 25.7. The third-order valence-electron chi connectivity index (χ3n) is 4.36. The Bertz CT molecular complexity index is 828. The smallest absolute Gasteiger partial charge is 0.412 e. The fourth-order valence-corrected chi connectivity index (χ4v) is 3.02. The predicted octanol–water partition coefficient (Wildman–Crippen LogP) is 3.02. The van der Waals surface area contributed by atoms with Crippen molar-refractivity contribution in [3.8, 4) is 0 Å². The highest BCUT2D eigenvalue weighted by Gasteiger charge is 2.36. The molecule has 1 aromatic heterocycles. The van der Waals surface area contributed by atoms with Crippen molar-refractivity contribution in [2.24, 2.45) is 0 Å². The van der Waals surface area contributed by atoms with Crippen LogP contribution in [0.3, 0.4) is 0 Å². The second kappa shape index (κ2) is 8.02. The fraction of sp³-hybridized carbons (Fsp3) is 0.450. The lowest BCUT2D eigenvalue weighted by Crippen LogP contribution is -2.37. The maximum atomic E-state index is 12.4. The molecule has 0 radical (unpaired) electrons. The van der Waals surface area contributed by atoms with Gasteiger partial charge in [-0.05, 0) is 32.4 Å². The number of nitrogens with zero attached hydrogens (tertiary/aromatic N) is 3. The normalized spacial score (nSPS) is 18.1. The molecular formula is C20H25N3O5. The highest BCUT2D eigenvalue weighted by atomic mass is 16.6. The molecule has 1 fully saturated rings. The summed E-state index contributed by atoms with van der Waals surface area (Å²) in [5, 5.41) is 14.1. The van der Waals surface area contributed by atoms with Crippen LogP contribution in [-0.4, -0.2) is 50.8 Å². The van der Waals surface area contributed by atoms with E-state index in [1.54, 1.807) is 33.0 Å². The first-order chi connectivity index (χ1) is 13.2. The molecule has 1 saturated heterocycles. The molecule has 0 bridgehead atoms. The summed E-state index contributed by atoms with van der Waals surface area (Å²) >= 11 is 0. The quantitative estimate of drug-likeness (QED) is 0.848. The zero-order valence-corrected chi connectivity index (χ0v) is 16.2. The van der Waals surface area contributed by atoms with E-state index in [1.807, 2.05) is 30.3 Å². The summed E-state index contributed by atoms with van der Waals surface area (Å²) < 4.78 is 12.3. The van der Waals surface area contributed by atoms with E-state index in [4.69, 9.17) is 9.47 Å². The SMILES string of the molecule is CC(C)(C)OC(=O)N1COC[C@H]1c1ccn([C@@H](Cc2ccccc2)C(=O)O)n1. The number of ether oxygens (including phenoxy) is 2. The number of rotatable bonds is 5. The van der Waals surface area contributed by atoms with Crippen LogP contribution in [-0.2, 0) is 20.7 Å². The van der Waals surface area contributed by atoms with E-state index in [2.05, 4.69) is 5.10 Å². The summed E-state index contributed by atoms with van der Waals surface area (Å²) in [5.74, 6) is -0.967. The molecule has 2 heterocycles. The number of benzene rings is 1. The Balaban J connectivity index is 1.77. The molecule has 1 amide bonds. The Labute approximate surface area is 163 Å². The second-order valence-electron chi connectivity index (χ2n) is 7.73. The van der Waals surface area contributed by atoms with Gasteiger partial charge in [-0.3, -0.25) is 9.58 Å². The first-order valence-electron chi connectivity index (χ1n) is 9.14. The van der Waals surface area contributed by atoms with Gasteiger partial charge < -0.3 is 14.6 Å². The first kappa shape index (κ1) is 19.9. The van der Waals surface area contributed by atoms with Gasteiger partial charge in [0.15, 0.2) is 6.04 Å². The van der Waals surface area contributed by atoms with Gasteiger partial charge >= 0.3 is 12.1 Å². The summed E-state index contributed by atoms with van der Waals surface area (Å²) in [6, 6.07) is 9.86. The summed E-state index contributed by atoms with van der Waals surface area (Å²) in [7, 11) is 0. The fourth-order valence-electron chi connectivity index (χ4n) is 3.02. The lowest BCUT2D eigenvalue weighted by atomic mass is 10.1. The van der Waals surface area contributed by atoms with Gasteiger partial charge in [-0.25, -0.2) is 9.59 Å². The van der Waals surface area contributed by atoms with Gasteiger partial charge in [0.05, 0.1) is 12.3 Å². The van der Waals surface area contributed by atoms with Crippen LogP contribution in [0.15, 0.2) is 42.6 Å². The standard InChI is InChI=1S/C20H25N3O5/c1-20(2,3)28-19(26)22-13-27-12-17(22)15-9-10-23(21-15)16(18(24)25)11-14-7-5-4-6-8-14/h4-10,16-17H,11-13H2,1-3H3,(H,24,25)/t16-,17-/m0/s1. The molecular weight excluding hydrogens is 362 g/mol. The molecule has 0 aliphatic carbocycles. The van der Waals surface area contributed by atoms with Crippen LogP contribution in [0.2, 0.25) is 0 Å². The van der Waals surface area contributed by atoms with Crippen LogP contribution in [0.25, 0.3) is 0 Å². The first-order valence-corrected chi connectivity index (χ1v) is 9.14. The molecule has 2 aromatic rings. The number of carbonyl (C=O) groups excluding carboxylic acids is 1. The Morgan fingerprint density at radius 1 is 1.29 bits per heavy atom. The number of carbonyl (C=O) groups is 2. The highest BCUT2D eigenvalue weighted by molar-refractivity contribution is 5.72. The van der Waals surface area contributed by atoms with E-state index in [9.17, 15) is 14.7 Å². The molecule has 8 heteroatoms.